The summed E-state index contributed by atoms with van der Waals surface area (Å²) in [5.74, 6) is 1.14. The molecule has 30 heavy (non-hydrogen) atoms. The van der Waals surface area contributed by atoms with Crippen LogP contribution in [0.5, 0.6) is 5.75 Å². The largest absolute Gasteiger partial charge is 0.508 e. The van der Waals surface area contributed by atoms with Gasteiger partial charge in [0, 0.05) is 23.9 Å². The van der Waals surface area contributed by atoms with Crippen LogP contribution in [0, 0.1) is 0 Å². The highest BCUT2D eigenvalue weighted by Crippen LogP contribution is 2.28. The zero-order valence-corrected chi connectivity index (χ0v) is 18.2. The van der Waals surface area contributed by atoms with Gasteiger partial charge in [-0.2, -0.15) is 4.31 Å². The minimum Gasteiger partial charge on any atom is -0.508 e. The molecule has 2 heterocycles. The first kappa shape index (κ1) is 20.9. The number of nitrogens with zero attached hydrogens (tertiary/aromatic N) is 3. The molecule has 1 aliphatic rings. The van der Waals surface area contributed by atoms with Crippen LogP contribution < -0.4 is 0 Å². The Morgan fingerprint density at radius 2 is 1.83 bits per heavy atom. The number of hydrogen-bond donors (Lipinski definition) is 1. The molecule has 1 fully saturated rings. The van der Waals surface area contributed by atoms with Crippen molar-refractivity contribution in [3.05, 3.63) is 54.1 Å². The molecule has 0 aliphatic carbocycles. The summed E-state index contributed by atoms with van der Waals surface area (Å²) in [4.78, 5) is 0.331. The summed E-state index contributed by atoms with van der Waals surface area (Å²) in [5, 5.41) is 17.9. The van der Waals surface area contributed by atoms with Crippen molar-refractivity contribution in [2.45, 2.75) is 48.1 Å². The molecule has 7 nitrogen and oxygen atoms in total. The standard InChI is InChI=1S/C21H23N3O4S2/c1-15-4-2-3-13-24(15)30(26,27)19-11-5-16(6-12-19)14-29-21-23-22-20(28-21)17-7-9-18(25)10-8-17/h5-12,15,25H,2-4,13-14H2,1H3. The third kappa shape index (κ3) is 4.53. The summed E-state index contributed by atoms with van der Waals surface area (Å²) in [5.41, 5.74) is 1.70. The lowest BCUT2D eigenvalue weighted by atomic mass is 10.1. The van der Waals surface area contributed by atoms with E-state index in [1.54, 1.807) is 40.7 Å². The lowest BCUT2D eigenvalue weighted by Gasteiger charge is -2.32. The fraction of sp³-hybridized carbons (Fsp3) is 0.333. The normalized spacial score (nSPS) is 17.8. The van der Waals surface area contributed by atoms with E-state index in [2.05, 4.69) is 10.2 Å². The van der Waals surface area contributed by atoms with Gasteiger partial charge in [-0.1, -0.05) is 30.3 Å². The molecule has 1 aliphatic heterocycles. The zero-order chi connectivity index (χ0) is 21.1. The number of aromatic hydroxyl groups is 1. The van der Waals surface area contributed by atoms with Gasteiger partial charge in [-0.3, -0.25) is 0 Å². The molecule has 3 aromatic rings. The highest BCUT2D eigenvalue weighted by molar-refractivity contribution is 7.98. The van der Waals surface area contributed by atoms with Crippen LogP contribution in [-0.2, 0) is 15.8 Å². The topological polar surface area (TPSA) is 96.5 Å². The predicted molar refractivity (Wildman–Crippen MR) is 115 cm³/mol. The van der Waals surface area contributed by atoms with Gasteiger partial charge in [0.2, 0.25) is 15.9 Å². The summed E-state index contributed by atoms with van der Waals surface area (Å²) in [6, 6.07) is 13.6. The molecule has 0 amide bonds. The van der Waals surface area contributed by atoms with Gasteiger partial charge in [0.25, 0.3) is 5.22 Å². The minimum absolute atomic E-state index is 0.0410. The molecule has 1 saturated heterocycles. The minimum atomic E-state index is -3.46. The summed E-state index contributed by atoms with van der Waals surface area (Å²) in [6.45, 7) is 2.56. The number of aromatic nitrogens is 2. The second kappa shape index (κ2) is 8.79. The van der Waals surface area contributed by atoms with Crippen LogP contribution in [0.3, 0.4) is 0 Å². The molecule has 1 atom stereocenters. The highest BCUT2D eigenvalue weighted by atomic mass is 32.2. The summed E-state index contributed by atoms with van der Waals surface area (Å²) in [6.07, 6.45) is 2.90. The van der Waals surface area contributed by atoms with Crippen molar-refractivity contribution >= 4 is 21.8 Å². The molecule has 1 N–H and O–H groups in total. The number of rotatable bonds is 6. The Bertz CT molecular complexity index is 1100. The van der Waals surface area contributed by atoms with E-state index >= 15 is 0 Å². The van der Waals surface area contributed by atoms with Crippen LogP contribution in [0.1, 0.15) is 31.7 Å². The first-order valence-corrected chi connectivity index (χ1v) is 12.2. The Morgan fingerprint density at radius 1 is 1.10 bits per heavy atom. The molecule has 9 heteroatoms. The van der Waals surface area contributed by atoms with E-state index < -0.39 is 10.0 Å². The van der Waals surface area contributed by atoms with Crippen LogP contribution in [0.15, 0.2) is 63.1 Å². The van der Waals surface area contributed by atoms with E-state index in [9.17, 15) is 13.5 Å². The number of hydrogen-bond acceptors (Lipinski definition) is 7. The Hall–Kier alpha value is -2.36. The molecule has 0 radical (unpaired) electrons. The Balaban J connectivity index is 1.40. The Labute approximate surface area is 180 Å². The van der Waals surface area contributed by atoms with E-state index in [1.807, 2.05) is 19.1 Å². The molecule has 0 saturated carbocycles. The van der Waals surface area contributed by atoms with Crippen molar-refractivity contribution in [2.75, 3.05) is 6.54 Å². The Kier molecular flexibility index (Phi) is 6.12. The number of phenolic OH excluding ortho intramolecular Hbond substituents is 1. The van der Waals surface area contributed by atoms with Gasteiger partial charge in [-0.25, -0.2) is 8.42 Å². The smallest absolute Gasteiger partial charge is 0.277 e. The predicted octanol–water partition coefficient (Wildman–Crippen LogP) is 4.30. The SMILES string of the molecule is CC1CCCCN1S(=O)(=O)c1ccc(CSc2nnc(-c3ccc(O)cc3)o2)cc1. The van der Waals surface area contributed by atoms with Crippen molar-refractivity contribution in [1.82, 2.24) is 14.5 Å². The zero-order valence-electron chi connectivity index (χ0n) is 16.6. The van der Waals surface area contributed by atoms with Crippen LogP contribution in [0.25, 0.3) is 11.5 Å². The van der Waals surface area contributed by atoms with Gasteiger partial charge in [0.05, 0.1) is 4.90 Å². The third-order valence-corrected chi connectivity index (χ3v) is 8.07. The monoisotopic (exact) mass is 445 g/mol. The van der Waals surface area contributed by atoms with Crippen molar-refractivity contribution < 1.29 is 17.9 Å². The molecule has 4 rings (SSSR count). The maximum absolute atomic E-state index is 12.9. The highest BCUT2D eigenvalue weighted by Gasteiger charge is 2.30. The number of sulfonamides is 1. The van der Waals surface area contributed by atoms with Crippen molar-refractivity contribution in [3.8, 4) is 17.2 Å². The molecule has 0 spiro atoms. The average molecular weight is 446 g/mol. The molecule has 1 unspecified atom stereocenters. The molecule has 158 valence electrons. The van der Waals surface area contributed by atoms with Crippen LogP contribution in [0.4, 0.5) is 0 Å². The van der Waals surface area contributed by atoms with Crippen molar-refractivity contribution in [1.29, 1.82) is 0 Å². The average Bonchev–Trinajstić information content (AvgIpc) is 3.22. The molecular weight excluding hydrogens is 422 g/mol. The van der Waals surface area contributed by atoms with Gasteiger partial charge < -0.3 is 9.52 Å². The molecular formula is C21H23N3O4S2. The summed E-state index contributed by atoms with van der Waals surface area (Å²) >= 11 is 1.38. The fourth-order valence-corrected chi connectivity index (χ4v) is 5.87. The van der Waals surface area contributed by atoms with E-state index in [0.29, 0.717) is 28.3 Å². The van der Waals surface area contributed by atoms with Gasteiger partial charge >= 0.3 is 0 Å². The van der Waals surface area contributed by atoms with E-state index in [-0.39, 0.29) is 11.8 Å². The van der Waals surface area contributed by atoms with Gasteiger partial charge in [-0.15, -0.1) is 10.2 Å². The molecule has 0 bridgehead atoms. The maximum atomic E-state index is 12.9. The van der Waals surface area contributed by atoms with Gasteiger partial charge in [-0.05, 0) is 61.7 Å². The Morgan fingerprint density at radius 3 is 2.53 bits per heavy atom. The third-order valence-electron chi connectivity index (χ3n) is 5.15. The summed E-state index contributed by atoms with van der Waals surface area (Å²) < 4.78 is 33.1. The lowest BCUT2D eigenvalue weighted by molar-refractivity contribution is 0.268. The van der Waals surface area contributed by atoms with Crippen LogP contribution in [-0.4, -0.2) is 40.6 Å². The fourth-order valence-electron chi connectivity index (χ4n) is 3.46. The number of piperidine rings is 1. The quantitative estimate of drug-likeness (QED) is 0.565. The molecule has 2 aromatic carbocycles. The van der Waals surface area contributed by atoms with Crippen LogP contribution >= 0.6 is 11.8 Å². The van der Waals surface area contributed by atoms with E-state index in [4.69, 9.17) is 4.42 Å². The number of thioether (sulfide) groups is 1. The number of benzene rings is 2. The van der Waals surface area contributed by atoms with E-state index in [1.165, 1.54) is 11.8 Å². The van der Waals surface area contributed by atoms with Crippen LogP contribution in [0.2, 0.25) is 0 Å². The lowest BCUT2D eigenvalue weighted by Crippen LogP contribution is -2.41. The van der Waals surface area contributed by atoms with Gasteiger partial charge in [0.1, 0.15) is 5.75 Å². The second-order valence-electron chi connectivity index (χ2n) is 7.31. The number of phenols is 1. The summed E-state index contributed by atoms with van der Waals surface area (Å²) in [7, 11) is -3.46. The van der Waals surface area contributed by atoms with Crippen molar-refractivity contribution in [2.24, 2.45) is 0 Å². The van der Waals surface area contributed by atoms with Gasteiger partial charge in [0.15, 0.2) is 0 Å². The van der Waals surface area contributed by atoms with E-state index in [0.717, 1.165) is 30.4 Å². The first-order chi connectivity index (χ1) is 14.4. The molecule has 1 aromatic heterocycles. The van der Waals surface area contributed by atoms with Crippen molar-refractivity contribution in [3.63, 3.8) is 0 Å². The first-order valence-electron chi connectivity index (χ1n) is 9.80. The second-order valence-corrected chi connectivity index (χ2v) is 10.1. The maximum Gasteiger partial charge on any atom is 0.277 e.